The summed E-state index contributed by atoms with van der Waals surface area (Å²) in [7, 11) is 0. The first-order valence-electron chi connectivity index (χ1n) is 6.07. The van der Waals surface area contributed by atoms with Crippen LogP contribution in [0.3, 0.4) is 0 Å². The second kappa shape index (κ2) is 3.79. The number of rotatable bonds is 0. The van der Waals surface area contributed by atoms with E-state index in [4.69, 9.17) is 0 Å². The quantitative estimate of drug-likeness (QED) is 0.624. The van der Waals surface area contributed by atoms with Gasteiger partial charge in [-0.05, 0) is 12.0 Å². The standard InChI is InChI=1S/C14H16N2OS/c1-14(2)7-8-5-3-4-6-9(8)11-10(14)12(17)16-13(18)15-11/h3-6,13,15,18H,7H2,1-2H3,(H,16,17). The average Bonchev–Trinajstić information content (AvgIpc) is 2.26. The summed E-state index contributed by atoms with van der Waals surface area (Å²) in [5, 5.41) is 6.09. The first-order valence-corrected chi connectivity index (χ1v) is 6.59. The van der Waals surface area contributed by atoms with Crippen molar-refractivity contribution in [1.82, 2.24) is 10.6 Å². The number of carbonyl (C=O) groups is 1. The normalized spacial score (nSPS) is 24.8. The van der Waals surface area contributed by atoms with Gasteiger partial charge in [0.2, 0.25) is 0 Å². The number of carbonyl (C=O) groups excluding carboxylic acids is 1. The van der Waals surface area contributed by atoms with Gasteiger partial charge in [-0.1, -0.05) is 38.1 Å². The lowest BCUT2D eigenvalue weighted by Gasteiger charge is -2.40. The molecule has 1 aliphatic heterocycles. The number of hydrogen-bond acceptors (Lipinski definition) is 3. The second-order valence-corrected chi connectivity index (χ2v) is 6.00. The number of thiol groups is 1. The summed E-state index contributed by atoms with van der Waals surface area (Å²) in [5.41, 5.74) is 3.70. The van der Waals surface area contributed by atoms with Crippen LogP contribution in [0.25, 0.3) is 5.70 Å². The third kappa shape index (κ3) is 1.63. The van der Waals surface area contributed by atoms with Crippen LogP contribution in [0.4, 0.5) is 0 Å². The van der Waals surface area contributed by atoms with Gasteiger partial charge >= 0.3 is 0 Å². The molecule has 0 saturated heterocycles. The van der Waals surface area contributed by atoms with Gasteiger partial charge in [-0.2, -0.15) is 0 Å². The summed E-state index contributed by atoms with van der Waals surface area (Å²) in [4.78, 5) is 12.2. The first kappa shape index (κ1) is 11.7. The van der Waals surface area contributed by atoms with Crippen molar-refractivity contribution >= 4 is 24.2 Å². The van der Waals surface area contributed by atoms with Crippen molar-refractivity contribution in [3.05, 3.63) is 41.0 Å². The topological polar surface area (TPSA) is 41.1 Å². The molecule has 0 bridgehead atoms. The van der Waals surface area contributed by atoms with Gasteiger partial charge in [0, 0.05) is 16.6 Å². The van der Waals surface area contributed by atoms with Crippen LogP contribution in [-0.4, -0.2) is 11.4 Å². The molecule has 1 amide bonds. The summed E-state index contributed by atoms with van der Waals surface area (Å²) in [6.07, 6.45) is 0.883. The Kier molecular flexibility index (Phi) is 2.45. The van der Waals surface area contributed by atoms with E-state index >= 15 is 0 Å². The van der Waals surface area contributed by atoms with E-state index in [1.165, 1.54) is 5.56 Å². The van der Waals surface area contributed by atoms with Gasteiger partial charge < -0.3 is 10.6 Å². The van der Waals surface area contributed by atoms with Crippen molar-refractivity contribution in [2.24, 2.45) is 5.41 Å². The zero-order chi connectivity index (χ0) is 12.9. The third-order valence-corrected chi connectivity index (χ3v) is 3.88. The molecule has 1 atom stereocenters. The van der Waals surface area contributed by atoms with Crippen LogP contribution < -0.4 is 10.6 Å². The van der Waals surface area contributed by atoms with Crippen molar-refractivity contribution in [3.8, 4) is 0 Å². The fraction of sp³-hybridized carbons (Fsp3) is 0.357. The largest absolute Gasteiger partial charge is 0.356 e. The minimum absolute atomic E-state index is 0.0109. The molecule has 1 aliphatic carbocycles. The highest BCUT2D eigenvalue weighted by Gasteiger charge is 2.40. The molecule has 94 valence electrons. The smallest absolute Gasteiger partial charge is 0.252 e. The molecule has 4 heteroatoms. The molecule has 0 saturated carbocycles. The fourth-order valence-corrected chi connectivity index (χ4v) is 3.14. The molecule has 1 unspecified atom stereocenters. The van der Waals surface area contributed by atoms with E-state index in [1.807, 2.05) is 12.1 Å². The maximum atomic E-state index is 12.2. The van der Waals surface area contributed by atoms with Crippen molar-refractivity contribution in [1.29, 1.82) is 0 Å². The van der Waals surface area contributed by atoms with Crippen LogP contribution in [0.15, 0.2) is 29.8 Å². The Morgan fingerprint density at radius 2 is 2.00 bits per heavy atom. The van der Waals surface area contributed by atoms with Crippen LogP contribution in [0, 0.1) is 5.41 Å². The van der Waals surface area contributed by atoms with Gasteiger partial charge in [-0.15, -0.1) is 12.6 Å². The lowest BCUT2D eigenvalue weighted by molar-refractivity contribution is -0.119. The summed E-state index contributed by atoms with van der Waals surface area (Å²) in [6, 6.07) is 8.24. The minimum Gasteiger partial charge on any atom is -0.356 e. The molecule has 3 nitrogen and oxygen atoms in total. The van der Waals surface area contributed by atoms with Gasteiger partial charge in [0.1, 0.15) is 5.50 Å². The molecule has 2 N–H and O–H groups in total. The minimum atomic E-state index is -0.321. The summed E-state index contributed by atoms with van der Waals surface area (Å²) in [5.74, 6) is -0.0109. The van der Waals surface area contributed by atoms with Crippen LogP contribution >= 0.6 is 12.6 Å². The van der Waals surface area contributed by atoms with Crippen LogP contribution in [-0.2, 0) is 11.2 Å². The first-order chi connectivity index (χ1) is 8.49. The zero-order valence-electron chi connectivity index (χ0n) is 10.4. The molecule has 2 aliphatic rings. The monoisotopic (exact) mass is 260 g/mol. The SMILES string of the molecule is CC1(C)Cc2ccccc2C2=C1C(=O)NC(S)N2. The number of amides is 1. The second-order valence-electron chi connectivity index (χ2n) is 5.49. The molecule has 1 heterocycles. The summed E-state index contributed by atoms with van der Waals surface area (Å²) < 4.78 is 0. The Bertz CT molecular complexity index is 563. The van der Waals surface area contributed by atoms with Crippen molar-refractivity contribution in [2.75, 3.05) is 0 Å². The predicted molar refractivity (Wildman–Crippen MR) is 74.9 cm³/mol. The molecular weight excluding hydrogens is 244 g/mol. The van der Waals surface area contributed by atoms with E-state index < -0.39 is 0 Å². The molecule has 1 aromatic rings. The molecule has 0 aromatic heterocycles. The lowest BCUT2D eigenvalue weighted by atomic mass is 9.71. The Labute approximate surface area is 112 Å². The zero-order valence-corrected chi connectivity index (χ0v) is 11.3. The van der Waals surface area contributed by atoms with Crippen LogP contribution in [0.2, 0.25) is 0 Å². The van der Waals surface area contributed by atoms with Gasteiger partial charge in [0.05, 0.1) is 5.70 Å². The maximum Gasteiger partial charge on any atom is 0.252 e. The van der Waals surface area contributed by atoms with Crippen LogP contribution in [0.5, 0.6) is 0 Å². The predicted octanol–water partition coefficient (Wildman–Crippen LogP) is 1.91. The van der Waals surface area contributed by atoms with E-state index in [-0.39, 0.29) is 16.8 Å². The molecule has 0 spiro atoms. The highest BCUT2D eigenvalue weighted by molar-refractivity contribution is 7.80. The van der Waals surface area contributed by atoms with E-state index in [2.05, 4.69) is 49.2 Å². The Morgan fingerprint density at radius 1 is 1.28 bits per heavy atom. The van der Waals surface area contributed by atoms with Crippen molar-refractivity contribution in [2.45, 2.75) is 25.8 Å². The van der Waals surface area contributed by atoms with E-state index in [1.54, 1.807) is 0 Å². The molecule has 1 aromatic carbocycles. The van der Waals surface area contributed by atoms with Gasteiger partial charge in [-0.25, -0.2) is 0 Å². The fourth-order valence-electron chi connectivity index (χ4n) is 2.90. The van der Waals surface area contributed by atoms with Crippen molar-refractivity contribution < 1.29 is 4.79 Å². The Balaban J connectivity index is 2.25. The molecular formula is C14H16N2OS. The Morgan fingerprint density at radius 3 is 2.78 bits per heavy atom. The van der Waals surface area contributed by atoms with Gasteiger partial charge in [0.15, 0.2) is 0 Å². The van der Waals surface area contributed by atoms with E-state index in [9.17, 15) is 4.79 Å². The highest BCUT2D eigenvalue weighted by Crippen LogP contribution is 2.42. The maximum absolute atomic E-state index is 12.2. The summed E-state index contributed by atoms with van der Waals surface area (Å²) in [6.45, 7) is 4.22. The van der Waals surface area contributed by atoms with Crippen molar-refractivity contribution in [3.63, 3.8) is 0 Å². The van der Waals surface area contributed by atoms with E-state index in [0.717, 1.165) is 23.3 Å². The molecule has 18 heavy (non-hydrogen) atoms. The highest BCUT2D eigenvalue weighted by atomic mass is 32.1. The molecule has 0 fully saturated rings. The number of fused-ring (bicyclic) bond motifs is 2. The Hall–Kier alpha value is -1.42. The van der Waals surface area contributed by atoms with Gasteiger partial charge in [0.25, 0.3) is 5.91 Å². The third-order valence-electron chi connectivity index (χ3n) is 3.62. The molecule has 3 rings (SSSR count). The molecule has 0 radical (unpaired) electrons. The van der Waals surface area contributed by atoms with Crippen LogP contribution in [0.1, 0.15) is 25.0 Å². The van der Waals surface area contributed by atoms with E-state index in [0.29, 0.717) is 0 Å². The lowest BCUT2D eigenvalue weighted by Crippen LogP contribution is -2.51. The number of benzene rings is 1. The van der Waals surface area contributed by atoms with Gasteiger partial charge in [-0.3, -0.25) is 4.79 Å². The average molecular weight is 260 g/mol. The number of nitrogens with one attached hydrogen (secondary N) is 2. The number of hydrogen-bond donors (Lipinski definition) is 3. The summed E-state index contributed by atoms with van der Waals surface area (Å²) >= 11 is 4.31.